The smallest absolute Gasteiger partial charge is 0.207 e. The van der Waals surface area contributed by atoms with Crippen molar-refractivity contribution in [3.05, 3.63) is 0 Å². The normalized spacial score (nSPS) is 20.8. The molecule has 1 aliphatic heterocycles. The molecule has 0 bridgehead atoms. The Morgan fingerprint density at radius 3 is 2.57 bits per heavy atom. The lowest BCUT2D eigenvalue weighted by Gasteiger charge is -2.31. The van der Waals surface area contributed by atoms with Crippen LogP contribution in [0.5, 0.6) is 0 Å². The van der Waals surface area contributed by atoms with Gasteiger partial charge in [0.25, 0.3) is 0 Å². The fraction of sp³-hybridized carbons (Fsp3) is 0.900. The van der Waals surface area contributed by atoms with Gasteiger partial charge in [-0.05, 0) is 5.92 Å². The van der Waals surface area contributed by atoms with E-state index in [1.165, 1.54) is 0 Å². The monoisotopic (exact) mass is 200 g/mol. The number of hydrogen-bond donors (Lipinski definition) is 1. The Morgan fingerprint density at radius 1 is 1.43 bits per heavy atom. The number of morpholine rings is 1. The molecule has 0 radical (unpaired) electrons. The van der Waals surface area contributed by atoms with Crippen molar-refractivity contribution < 1.29 is 9.53 Å². The summed E-state index contributed by atoms with van der Waals surface area (Å²) in [6.07, 6.45) is 0.797. The molecular formula is C10H20N2O2. The Morgan fingerprint density at radius 2 is 2.07 bits per heavy atom. The summed E-state index contributed by atoms with van der Waals surface area (Å²) in [4.78, 5) is 12.7. The van der Waals surface area contributed by atoms with Crippen LogP contribution < -0.4 is 5.32 Å². The molecule has 0 unspecified atom stereocenters. The number of nitrogens with zero attached hydrogens (tertiary/aromatic N) is 1. The van der Waals surface area contributed by atoms with Gasteiger partial charge < -0.3 is 10.1 Å². The van der Waals surface area contributed by atoms with Crippen LogP contribution in [0.2, 0.25) is 0 Å². The summed E-state index contributed by atoms with van der Waals surface area (Å²) in [7, 11) is 0. The van der Waals surface area contributed by atoms with Crippen molar-refractivity contribution in [3.8, 4) is 0 Å². The van der Waals surface area contributed by atoms with Gasteiger partial charge in [0.1, 0.15) is 0 Å². The Hall–Kier alpha value is -0.610. The van der Waals surface area contributed by atoms with E-state index in [2.05, 4.69) is 24.1 Å². The number of rotatable bonds is 5. The van der Waals surface area contributed by atoms with Crippen molar-refractivity contribution in [2.45, 2.75) is 19.9 Å². The Kier molecular flexibility index (Phi) is 4.90. The number of ether oxygens (including phenoxy) is 1. The molecule has 1 N–H and O–H groups in total. The number of carbonyl (C=O) groups excluding carboxylic acids is 1. The molecule has 1 saturated heterocycles. The molecule has 14 heavy (non-hydrogen) atoms. The SMILES string of the molecule is CC(C)[C@@H](CN1CCOCC1)NC=O. The summed E-state index contributed by atoms with van der Waals surface area (Å²) < 4.78 is 5.27. The predicted molar refractivity (Wildman–Crippen MR) is 55.1 cm³/mol. The van der Waals surface area contributed by atoms with Gasteiger partial charge >= 0.3 is 0 Å². The molecular weight excluding hydrogens is 180 g/mol. The van der Waals surface area contributed by atoms with Crippen molar-refractivity contribution in [1.82, 2.24) is 10.2 Å². The minimum Gasteiger partial charge on any atom is -0.379 e. The first kappa shape index (κ1) is 11.5. The van der Waals surface area contributed by atoms with Gasteiger partial charge in [-0.1, -0.05) is 13.8 Å². The van der Waals surface area contributed by atoms with Crippen molar-refractivity contribution in [1.29, 1.82) is 0 Å². The molecule has 0 aliphatic carbocycles. The van der Waals surface area contributed by atoms with Gasteiger partial charge in [-0.25, -0.2) is 0 Å². The predicted octanol–water partition coefficient (Wildman–Crippen LogP) is 0.0892. The van der Waals surface area contributed by atoms with Crippen LogP contribution in [0, 0.1) is 5.92 Å². The third-order valence-corrected chi connectivity index (χ3v) is 2.65. The summed E-state index contributed by atoms with van der Waals surface area (Å²) in [5.41, 5.74) is 0. The molecule has 0 aromatic carbocycles. The van der Waals surface area contributed by atoms with E-state index in [1.807, 2.05) is 0 Å². The average Bonchev–Trinajstić information content (AvgIpc) is 2.18. The molecule has 0 aromatic rings. The van der Waals surface area contributed by atoms with Crippen molar-refractivity contribution >= 4 is 6.41 Å². The molecule has 4 heteroatoms. The fourth-order valence-electron chi connectivity index (χ4n) is 1.61. The molecule has 0 aromatic heterocycles. The van der Waals surface area contributed by atoms with Gasteiger partial charge in [-0.2, -0.15) is 0 Å². The van der Waals surface area contributed by atoms with Gasteiger partial charge in [0.2, 0.25) is 6.41 Å². The van der Waals surface area contributed by atoms with E-state index < -0.39 is 0 Å². The standard InChI is InChI=1S/C10H20N2O2/c1-9(2)10(11-8-13)7-12-3-5-14-6-4-12/h8-10H,3-7H2,1-2H3,(H,11,13)/t10-/m1/s1. The fourth-order valence-corrected chi connectivity index (χ4v) is 1.61. The van der Waals surface area contributed by atoms with Crippen LogP contribution in [0.1, 0.15) is 13.8 Å². The van der Waals surface area contributed by atoms with Crippen molar-refractivity contribution in [2.75, 3.05) is 32.8 Å². The van der Waals surface area contributed by atoms with E-state index in [0.717, 1.165) is 39.3 Å². The Bertz CT molecular complexity index is 168. The average molecular weight is 200 g/mol. The lowest BCUT2D eigenvalue weighted by Crippen LogP contribution is -2.47. The quantitative estimate of drug-likeness (QED) is 0.639. The first-order valence-corrected chi connectivity index (χ1v) is 5.24. The first-order valence-electron chi connectivity index (χ1n) is 5.24. The minimum absolute atomic E-state index is 0.255. The maximum absolute atomic E-state index is 10.4. The van der Waals surface area contributed by atoms with Crippen molar-refractivity contribution in [3.63, 3.8) is 0 Å². The van der Waals surface area contributed by atoms with Crippen LogP contribution >= 0.6 is 0 Å². The zero-order valence-electron chi connectivity index (χ0n) is 9.03. The summed E-state index contributed by atoms with van der Waals surface area (Å²) in [6.45, 7) is 8.76. The van der Waals surface area contributed by atoms with Crippen LogP contribution in [-0.4, -0.2) is 50.2 Å². The lowest BCUT2D eigenvalue weighted by molar-refractivity contribution is -0.110. The molecule has 1 aliphatic rings. The van der Waals surface area contributed by atoms with Crippen LogP contribution in [0.25, 0.3) is 0 Å². The number of nitrogens with one attached hydrogen (secondary N) is 1. The van der Waals surface area contributed by atoms with E-state index in [-0.39, 0.29) is 6.04 Å². The van der Waals surface area contributed by atoms with Gasteiger partial charge in [0.15, 0.2) is 0 Å². The second-order valence-corrected chi connectivity index (χ2v) is 4.05. The minimum atomic E-state index is 0.255. The summed E-state index contributed by atoms with van der Waals surface area (Å²) in [5, 5.41) is 2.87. The maximum atomic E-state index is 10.4. The van der Waals surface area contributed by atoms with Crippen molar-refractivity contribution in [2.24, 2.45) is 5.92 Å². The Balaban J connectivity index is 2.33. The molecule has 0 saturated carbocycles. The van der Waals surface area contributed by atoms with Gasteiger partial charge in [-0.15, -0.1) is 0 Å². The van der Waals surface area contributed by atoms with Crippen LogP contribution in [-0.2, 0) is 9.53 Å². The van der Waals surface area contributed by atoms with Crippen LogP contribution in [0.3, 0.4) is 0 Å². The second-order valence-electron chi connectivity index (χ2n) is 4.05. The first-order chi connectivity index (χ1) is 6.74. The van der Waals surface area contributed by atoms with E-state index in [4.69, 9.17) is 4.74 Å². The highest BCUT2D eigenvalue weighted by Gasteiger charge is 2.18. The maximum Gasteiger partial charge on any atom is 0.207 e. The number of carbonyl (C=O) groups is 1. The molecule has 0 spiro atoms. The molecule has 4 nitrogen and oxygen atoms in total. The number of amides is 1. The van der Waals surface area contributed by atoms with Gasteiger partial charge in [0, 0.05) is 25.7 Å². The molecule has 1 amide bonds. The second kappa shape index (κ2) is 5.98. The summed E-state index contributed by atoms with van der Waals surface area (Å²) in [5.74, 6) is 0.475. The highest BCUT2D eigenvalue weighted by molar-refractivity contribution is 5.46. The molecule has 82 valence electrons. The highest BCUT2D eigenvalue weighted by Crippen LogP contribution is 2.05. The third kappa shape index (κ3) is 3.64. The third-order valence-electron chi connectivity index (χ3n) is 2.65. The van der Waals surface area contributed by atoms with E-state index in [0.29, 0.717) is 5.92 Å². The lowest BCUT2D eigenvalue weighted by atomic mass is 10.0. The highest BCUT2D eigenvalue weighted by atomic mass is 16.5. The summed E-state index contributed by atoms with van der Waals surface area (Å²) >= 11 is 0. The van der Waals surface area contributed by atoms with Gasteiger partial charge in [-0.3, -0.25) is 9.69 Å². The Labute approximate surface area is 85.6 Å². The van der Waals surface area contributed by atoms with Crippen LogP contribution in [0.15, 0.2) is 0 Å². The largest absolute Gasteiger partial charge is 0.379 e. The topological polar surface area (TPSA) is 41.6 Å². The summed E-state index contributed by atoms with van der Waals surface area (Å²) in [6, 6.07) is 0.255. The van der Waals surface area contributed by atoms with E-state index >= 15 is 0 Å². The number of hydrogen-bond acceptors (Lipinski definition) is 3. The zero-order valence-corrected chi connectivity index (χ0v) is 9.03. The van der Waals surface area contributed by atoms with E-state index in [9.17, 15) is 4.79 Å². The molecule has 1 atom stereocenters. The van der Waals surface area contributed by atoms with E-state index in [1.54, 1.807) is 0 Å². The zero-order chi connectivity index (χ0) is 10.4. The van der Waals surface area contributed by atoms with Crippen LogP contribution in [0.4, 0.5) is 0 Å². The molecule has 1 rings (SSSR count). The molecule has 1 fully saturated rings. The molecule has 1 heterocycles. The van der Waals surface area contributed by atoms with Gasteiger partial charge in [0.05, 0.1) is 13.2 Å².